The predicted octanol–water partition coefficient (Wildman–Crippen LogP) is 0.225. The van der Waals surface area contributed by atoms with E-state index in [0.29, 0.717) is 30.0 Å². The molecule has 15 heteroatoms. The van der Waals surface area contributed by atoms with E-state index < -0.39 is 41.1 Å². The molecule has 49 heavy (non-hydrogen) atoms. The van der Waals surface area contributed by atoms with Gasteiger partial charge < -0.3 is 48.8 Å². The average Bonchev–Trinajstić information content (AvgIpc) is 3.35. The van der Waals surface area contributed by atoms with Gasteiger partial charge in [0, 0.05) is 11.3 Å². The Morgan fingerprint density at radius 3 is 2.27 bits per heavy atom. The molecule has 2 aliphatic heterocycles. The number of benzene rings is 2. The van der Waals surface area contributed by atoms with Crippen LogP contribution < -0.4 is 39.3 Å². The maximum absolute atomic E-state index is 14.3. The van der Waals surface area contributed by atoms with Gasteiger partial charge in [-0.1, -0.05) is 60.7 Å². The number of hydrogen-bond donors (Lipinski definition) is 2. The summed E-state index contributed by atoms with van der Waals surface area (Å²) in [7, 11) is 0. The lowest BCUT2D eigenvalue weighted by molar-refractivity contribution is -0.767. The van der Waals surface area contributed by atoms with Crippen molar-refractivity contribution < 1.29 is 66.8 Å². The number of carbonyl (C=O) groups is 5. The molecule has 0 aliphatic carbocycles. The summed E-state index contributed by atoms with van der Waals surface area (Å²) in [5, 5.41) is 4.77. The predicted molar refractivity (Wildman–Crippen MR) is 175 cm³/mol. The summed E-state index contributed by atoms with van der Waals surface area (Å²) in [4.78, 5) is 64.3. The molecule has 1 saturated heterocycles. The number of β-lactam (4-membered cyclic amide) rings is 1. The van der Waals surface area contributed by atoms with E-state index in [1.165, 1.54) is 16.7 Å². The van der Waals surface area contributed by atoms with Crippen LogP contribution in [0.3, 0.4) is 0 Å². The van der Waals surface area contributed by atoms with Gasteiger partial charge in [0.05, 0.1) is 5.56 Å². The quantitative estimate of drug-likeness (QED) is 0.0472. The number of fused-ring (bicyclic) bond motifs is 1. The smallest absolute Gasteiger partial charge is 0.408 e. The van der Waals surface area contributed by atoms with E-state index in [4.69, 9.17) is 14.2 Å². The van der Waals surface area contributed by atoms with Gasteiger partial charge in [-0.3, -0.25) is 19.3 Å². The van der Waals surface area contributed by atoms with Crippen LogP contribution in [-0.4, -0.2) is 69.8 Å². The van der Waals surface area contributed by atoms with Gasteiger partial charge in [-0.25, -0.2) is 9.59 Å². The van der Waals surface area contributed by atoms with Crippen LogP contribution in [0, 0.1) is 6.92 Å². The first-order valence-corrected chi connectivity index (χ1v) is 16.4. The molecule has 3 amide bonds. The number of nitrogens with zero attached hydrogens (tertiary/aromatic N) is 3. The molecule has 1 fully saturated rings. The van der Waals surface area contributed by atoms with Crippen LogP contribution in [0.2, 0.25) is 0 Å². The molecular formula is C34H38IN5O8S. The van der Waals surface area contributed by atoms with E-state index in [2.05, 4.69) is 10.6 Å². The Morgan fingerprint density at radius 1 is 1.06 bits per heavy atom. The van der Waals surface area contributed by atoms with Crippen LogP contribution in [0.25, 0.3) is 0 Å². The normalized spacial score (nSPS) is 16.9. The summed E-state index contributed by atoms with van der Waals surface area (Å²) < 4.78 is 20.1. The molecule has 5 rings (SSSR count). The zero-order valence-corrected chi connectivity index (χ0v) is 30.4. The van der Waals surface area contributed by atoms with Gasteiger partial charge in [0.2, 0.25) is 12.6 Å². The third-order valence-electron chi connectivity index (χ3n) is 7.66. The van der Waals surface area contributed by atoms with Crippen molar-refractivity contribution in [1.82, 2.24) is 14.9 Å². The van der Waals surface area contributed by atoms with Gasteiger partial charge in [0.1, 0.15) is 35.9 Å². The number of aromatic nitrogens is 2. The Bertz CT molecular complexity index is 1670. The number of anilines is 1. The van der Waals surface area contributed by atoms with Crippen molar-refractivity contribution in [3.8, 4) is 0 Å². The van der Waals surface area contributed by atoms with E-state index in [9.17, 15) is 24.0 Å². The number of amides is 3. The second-order valence-electron chi connectivity index (χ2n) is 12.2. The van der Waals surface area contributed by atoms with E-state index in [1.807, 2.05) is 67.6 Å². The van der Waals surface area contributed by atoms with Gasteiger partial charge in [0.15, 0.2) is 18.5 Å². The van der Waals surface area contributed by atoms with Crippen molar-refractivity contribution in [1.29, 1.82) is 0 Å². The topological polar surface area (TPSA) is 149 Å². The third kappa shape index (κ3) is 8.62. The lowest BCUT2D eigenvalue weighted by Gasteiger charge is -2.49. The summed E-state index contributed by atoms with van der Waals surface area (Å²) >= 11 is 1.40. The summed E-state index contributed by atoms with van der Waals surface area (Å²) in [5.41, 5.74) is 2.13. The fraction of sp³-hybridized carbons (Fsp3) is 0.353. The second-order valence-corrected chi connectivity index (χ2v) is 13.3. The van der Waals surface area contributed by atoms with Crippen molar-refractivity contribution in [3.05, 3.63) is 94.8 Å². The van der Waals surface area contributed by atoms with E-state index in [1.54, 1.807) is 36.3 Å². The fourth-order valence-corrected chi connectivity index (χ4v) is 6.99. The maximum Gasteiger partial charge on any atom is 0.408 e. The molecule has 260 valence electrons. The summed E-state index contributed by atoms with van der Waals surface area (Å²) in [5.74, 6) is -0.369. The zero-order valence-electron chi connectivity index (χ0n) is 27.5. The number of aryl methyl sites for hydroxylation is 1. The summed E-state index contributed by atoms with van der Waals surface area (Å²) in [6.07, 6.45) is 0.846. The number of halogens is 1. The summed E-state index contributed by atoms with van der Waals surface area (Å²) in [6.45, 7) is 7.72. The SMILES string of the molecule is Cc1c[n+](CC2=C(C(=O)OC(c3ccccc3)c3ccccc3)N3C(=O)[C@@H](NC(=O)OC(C)(C)C)[C@H]3SC2)n(CCOC=O)c1NC=O.[I-]. The largest absolute Gasteiger partial charge is 1.00 e. The number of carbonyl (C=O) groups excluding carboxylic acids is 5. The lowest BCUT2D eigenvalue weighted by atomic mass is 10.0. The van der Waals surface area contributed by atoms with Gasteiger partial charge in [-0.05, 0) is 38.8 Å². The number of hydrogen-bond acceptors (Lipinski definition) is 9. The highest BCUT2D eigenvalue weighted by molar-refractivity contribution is 8.00. The molecule has 0 saturated carbocycles. The minimum Gasteiger partial charge on any atom is -1.00 e. The number of thioether (sulfide) groups is 1. The van der Waals surface area contributed by atoms with Gasteiger partial charge in [0.25, 0.3) is 12.4 Å². The molecular weight excluding hydrogens is 765 g/mol. The highest BCUT2D eigenvalue weighted by Crippen LogP contribution is 2.42. The van der Waals surface area contributed by atoms with Gasteiger partial charge in [-0.2, -0.15) is 0 Å². The Hall–Kier alpha value is -4.38. The fourth-order valence-electron chi connectivity index (χ4n) is 5.66. The Labute approximate surface area is 305 Å². The molecule has 2 N–H and O–H groups in total. The van der Waals surface area contributed by atoms with Gasteiger partial charge in [-0.15, -0.1) is 21.1 Å². The highest BCUT2D eigenvalue weighted by Gasteiger charge is 2.55. The van der Waals surface area contributed by atoms with Crippen molar-refractivity contribution in [3.63, 3.8) is 0 Å². The molecule has 2 aliphatic rings. The molecule has 3 aromatic rings. The minimum atomic E-state index is -0.907. The van der Waals surface area contributed by atoms with Crippen LogP contribution in [0.1, 0.15) is 43.6 Å². The highest BCUT2D eigenvalue weighted by atomic mass is 127. The second kappa shape index (κ2) is 16.3. The van der Waals surface area contributed by atoms with Crippen molar-refractivity contribution in [2.24, 2.45) is 0 Å². The molecule has 0 bridgehead atoms. The number of alkyl carbamates (subject to hydrolysis) is 1. The van der Waals surface area contributed by atoms with Gasteiger partial charge >= 0.3 is 12.1 Å². The molecule has 0 unspecified atom stereocenters. The Balaban J connectivity index is 0.00000541. The van der Waals surface area contributed by atoms with Crippen molar-refractivity contribution in [2.75, 3.05) is 17.7 Å². The summed E-state index contributed by atoms with van der Waals surface area (Å²) in [6, 6.07) is 17.7. The zero-order chi connectivity index (χ0) is 34.4. The first-order chi connectivity index (χ1) is 23.0. The van der Waals surface area contributed by atoms with Crippen LogP contribution in [0.4, 0.5) is 10.6 Å². The van der Waals surface area contributed by atoms with Crippen LogP contribution in [0.15, 0.2) is 78.1 Å². The Morgan fingerprint density at radius 2 is 1.69 bits per heavy atom. The first kappa shape index (κ1) is 37.4. The molecule has 3 heterocycles. The van der Waals surface area contributed by atoms with Crippen molar-refractivity contribution >= 4 is 48.4 Å². The van der Waals surface area contributed by atoms with E-state index in [-0.39, 0.29) is 49.4 Å². The monoisotopic (exact) mass is 803 g/mol. The standard InChI is InChI=1S/C34H37N5O8S.HI/c1-22-17-37(38(15-16-45-21-41)29(22)35-20-40)18-25-19-48-31-26(36-33(44)47-34(2,3)4)30(42)39(31)27(25)32(43)46-28(23-11-7-5-8-12-23)24-13-9-6-10-14-24;/h5-14,17,20-21,26,28,31H,15-16,18-19H2,1-4H3,(H,36,44);1H/t26-,31-;/m1./s1. The first-order valence-electron chi connectivity index (χ1n) is 15.3. The third-order valence-corrected chi connectivity index (χ3v) is 9.00. The van der Waals surface area contributed by atoms with Crippen LogP contribution in [0.5, 0.6) is 0 Å². The molecule has 1 aromatic heterocycles. The van der Waals surface area contributed by atoms with Crippen LogP contribution >= 0.6 is 11.8 Å². The van der Waals surface area contributed by atoms with E-state index in [0.717, 1.165) is 16.7 Å². The molecule has 0 radical (unpaired) electrons. The average molecular weight is 804 g/mol. The van der Waals surface area contributed by atoms with Crippen LogP contribution in [-0.2, 0) is 46.5 Å². The molecule has 0 spiro atoms. The number of rotatable bonds is 13. The number of ether oxygens (including phenoxy) is 3. The maximum atomic E-state index is 14.3. The minimum absolute atomic E-state index is 0. The van der Waals surface area contributed by atoms with E-state index >= 15 is 0 Å². The Kier molecular flexibility index (Phi) is 12.5. The molecule has 2 atom stereocenters. The van der Waals surface area contributed by atoms with Crippen molar-refractivity contribution in [2.45, 2.75) is 63.9 Å². The lowest BCUT2D eigenvalue weighted by Crippen LogP contribution is -3.00. The number of nitrogens with one attached hydrogen (secondary N) is 2. The molecule has 13 nitrogen and oxygen atoms in total. The number of esters is 1. The molecule has 2 aromatic carbocycles.